The van der Waals surface area contributed by atoms with Gasteiger partial charge in [-0.2, -0.15) is 5.10 Å². The highest BCUT2D eigenvalue weighted by Crippen LogP contribution is 2.20. The number of carbonyl (C=O) groups excluding carboxylic acids is 1. The first-order chi connectivity index (χ1) is 13.3. The fourth-order valence-electron chi connectivity index (χ4n) is 3.03. The van der Waals surface area contributed by atoms with Crippen molar-refractivity contribution in [3.8, 4) is 5.69 Å². The molecule has 0 atom stereocenters. The van der Waals surface area contributed by atoms with Gasteiger partial charge in [-0.15, -0.1) is 11.3 Å². The van der Waals surface area contributed by atoms with E-state index in [0.29, 0.717) is 18.5 Å². The zero-order valence-electron chi connectivity index (χ0n) is 16.0. The van der Waals surface area contributed by atoms with Crippen LogP contribution in [0.4, 0.5) is 0 Å². The molecule has 0 bridgehead atoms. The lowest BCUT2D eigenvalue weighted by atomic mass is 10.1. The molecule has 146 valence electrons. The lowest BCUT2D eigenvalue weighted by Gasteiger charge is -2.07. The number of thiazole rings is 1. The number of carboxylic acid groups (broad SMARTS) is 1. The van der Waals surface area contributed by atoms with E-state index in [9.17, 15) is 9.59 Å². The molecule has 8 heteroatoms. The van der Waals surface area contributed by atoms with Crippen molar-refractivity contribution in [3.05, 3.63) is 62.9 Å². The molecule has 2 N–H and O–H groups in total. The monoisotopic (exact) mass is 398 g/mol. The average molecular weight is 398 g/mol. The Hall–Kier alpha value is -3.00. The van der Waals surface area contributed by atoms with Crippen molar-refractivity contribution in [3.63, 3.8) is 0 Å². The van der Waals surface area contributed by atoms with Crippen molar-refractivity contribution >= 4 is 23.2 Å². The minimum absolute atomic E-state index is 0.0752. The van der Waals surface area contributed by atoms with Crippen molar-refractivity contribution in [2.75, 3.05) is 0 Å². The molecule has 0 aliphatic heterocycles. The van der Waals surface area contributed by atoms with Gasteiger partial charge in [0.15, 0.2) is 0 Å². The molecule has 0 aliphatic rings. The SMILES string of the molecule is Cc1ncc(CNC(=O)c2ccc(-n3nc(C)c(CCC(=O)O)c3C)cc2)s1. The van der Waals surface area contributed by atoms with Gasteiger partial charge < -0.3 is 10.4 Å². The topological polar surface area (TPSA) is 97.1 Å². The Bertz CT molecular complexity index is 1010. The Morgan fingerprint density at radius 2 is 1.89 bits per heavy atom. The number of carboxylic acids is 1. The van der Waals surface area contributed by atoms with Gasteiger partial charge in [0.05, 0.1) is 22.9 Å². The number of aromatic nitrogens is 3. The quantitative estimate of drug-likeness (QED) is 0.637. The summed E-state index contributed by atoms with van der Waals surface area (Å²) in [5.41, 5.74) is 4.08. The number of hydrogen-bond acceptors (Lipinski definition) is 5. The molecule has 0 fully saturated rings. The highest BCUT2D eigenvalue weighted by Gasteiger charge is 2.14. The number of amides is 1. The largest absolute Gasteiger partial charge is 0.481 e. The molecule has 0 radical (unpaired) electrons. The van der Waals surface area contributed by atoms with Gasteiger partial charge in [-0.3, -0.25) is 9.59 Å². The van der Waals surface area contributed by atoms with E-state index in [0.717, 1.165) is 32.5 Å². The van der Waals surface area contributed by atoms with Gasteiger partial charge in [0, 0.05) is 28.8 Å². The highest BCUT2D eigenvalue weighted by molar-refractivity contribution is 7.11. The van der Waals surface area contributed by atoms with E-state index in [4.69, 9.17) is 5.11 Å². The summed E-state index contributed by atoms with van der Waals surface area (Å²) in [5, 5.41) is 17.3. The van der Waals surface area contributed by atoms with Gasteiger partial charge in [-0.25, -0.2) is 9.67 Å². The summed E-state index contributed by atoms with van der Waals surface area (Å²) < 4.78 is 1.79. The third-order valence-electron chi connectivity index (χ3n) is 4.50. The van der Waals surface area contributed by atoms with E-state index in [1.54, 1.807) is 34.3 Å². The third-order valence-corrected chi connectivity index (χ3v) is 5.41. The van der Waals surface area contributed by atoms with Crippen LogP contribution in [0.1, 0.15) is 43.6 Å². The van der Waals surface area contributed by atoms with E-state index < -0.39 is 5.97 Å². The number of nitrogens with one attached hydrogen (secondary N) is 1. The van der Waals surface area contributed by atoms with Crippen molar-refractivity contribution in [2.45, 2.75) is 40.2 Å². The molecule has 0 spiro atoms. The number of aliphatic carboxylic acids is 1. The summed E-state index contributed by atoms with van der Waals surface area (Å²) in [6.45, 7) is 6.19. The second kappa shape index (κ2) is 8.35. The number of carbonyl (C=O) groups is 2. The molecule has 28 heavy (non-hydrogen) atoms. The molecule has 0 unspecified atom stereocenters. The number of rotatable bonds is 7. The molecular formula is C20H22N4O3S. The summed E-state index contributed by atoms with van der Waals surface area (Å²) in [5.74, 6) is -0.969. The summed E-state index contributed by atoms with van der Waals surface area (Å²) in [4.78, 5) is 28.4. The minimum Gasteiger partial charge on any atom is -0.481 e. The van der Waals surface area contributed by atoms with E-state index in [-0.39, 0.29) is 12.3 Å². The third kappa shape index (κ3) is 4.45. The van der Waals surface area contributed by atoms with Crippen LogP contribution < -0.4 is 5.32 Å². The van der Waals surface area contributed by atoms with Crippen LogP contribution in [0.25, 0.3) is 5.69 Å². The van der Waals surface area contributed by atoms with Gasteiger partial charge in [0.1, 0.15) is 0 Å². The standard InChI is InChI=1S/C20H22N4O3S/c1-12-18(8-9-19(25)26)13(2)24(23-12)16-6-4-15(5-7-16)20(27)22-11-17-10-21-14(3)28-17/h4-7,10H,8-9,11H2,1-3H3,(H,22,27)(H,25,26). The molecule has 3 rings (SSSR count). The molecule has 3 aromatic rings. The minimum atomic E-state index is -0.824. The maximum atomic E-state index is 12.3. The van der Waals surface area contributed by atoms with Crippen LogP contribution in [0.2, 0.25) is 0 Å². The maximum Gasteiger partial charge on any atom is 0.303 e. The summed E-state index contributed by atoms with van der Waals surface area (Å²) in [6.07, 6.45) is 2.30. The molecule has 0 saturated heterocycles. The molecule has 0 saturated carbocycles. The Labute approximate surface area is 167 Å². The first-order valence-electron chi connectivity index (χ1n) is 8.92. The lowest BCUT2D eigenvalue weighted by Crippen LogP contribution is -2.22. The second-order valence-electron chi connectivity index (χ2n) is 6.53. The van der Waals surface area contributed by atoms with Crippen LogP contribution in [0.3, 0.4) is 0 Å². The second-order valence-corrected chi connectivity index (χ2v) is 7.85. The summed E-state index contributed by atoms with van der Waals surface area (Å²) >= 11 is 1.56. The van der Waals surface area contributed by atoms with Gasteiger partial charge in [-0.05, 0) is 57.0 Å². The fourth-order valence-corrected chi connectivity index (χ4v) is 3.77. The van der Waals surface area contributed by atoms with E-state index in [1.807, 2.05) is 32.9 Å². The normalized spacial score (nSPS) is 10.8. The van der Waals surface area contributed by atoms with E-state index in [2.05, 4.69) is 15.4 Å². The molecule has 2 aromatic heterocycles. The van der Waals surface area contributed by atoms with Gasteiger partial charge in [0.2, 0.25) is 0 Å². The van der Waals surface area contributed by atoms with Crippen LogP contribution in [0, 0.1) is 20.8 Å². The Morgan fingerprint density at radius 1 is 1.18 bits per heavy atom. The lowest BCUT2D eigenvalue weighted by molar-refractivity contribution is -0.136. The Morgan fingerprint density at radius 3 is 2.50 bits per heavy atom. The van der Waals surface area contributed by atoms with Gasteiger partial charge in [0.25, 0.3) is 5.91 Å². The van der Waals surface area contributed by atoms with E-state index >= 15 is 0 Å². The molecular weight excluding hydrogens is 376 g/mol. The molecule has 1 aromatic carbocycles. The zero-order valence-corrected chi connectivity index (χ0v) is 16.8. The Balaban J connectivity index is 1.71. The van der Waals surface area contributed by atoms with Crippen molar-refractivity contribution < 1.29 is 14.7 Å². The molecule has 0 aliphatic carbocycles. The number of hydrogen-bond donors (Lipinski definition) is 2. The molecule has 7 nitrogen and oxygen atoms in total. The predicted octanol–water partition coefficient (Wildman–Crippen LogP) is 3.20. The maximum absolute atomic E-state index is 12.3. The first-order valence-corrected chi connectivity index (χ1v) is 9.73. The van der Waals surface area contributed by atoms with Crippen LogP contribution in [-0.2, 0) is 17.8 Å². The van der Waals surface area contributed by atoms with Crippen molar-refractivity contribution in [1.29, 1.82) is 0 Å². The molecule has 1 amide bonds. The number of aryl methyl sites for hydroxylation is 2. The number of nitrogens with zero attached hydrogens (tertiary/aromatic N) is 3. The van der Waals surface area contributed by atoms with Crippen molar-refractivity contribution in [1.82, 2.24) is 20.1 Å². The van der Waals surface area contributed by atoms with Crippen LogP contribution in [0.15, 0.2) is 30.5 Å². The van der Waals surface area contributed by atoms with Gasteiger partial charge >= 0.3 is 5.97 Å². The molecule has 2 heterocycles. The number of benzene rings is 1. The van der Waals surface area contributed by atoms with Crippen LogP contribution >= 0.6 is 11.3 Å². The summed E-state index contributed by atoms with van der Waals surface area (Å²) in [6, 6.07) is 7.20. The van der Waals surface area contributed by atoms with Crippen LogP contribution in [0.5, 0.6) is 0 Å². The van der Waals surface area contributed by atoms with Gasteiger partial charge in [-0.1, -0.05) is 0 Å². The highest BCUT2D eigenvalue weighted by atomic mass is 32.1. The van der Waals surface area contributed by atoms with E-state index in [1.165, 1.54) is 0 Å². The predicted molar refractivity (Wildman–Crippen MR) is 107 cm³/mol. The summed E-state index contributed by atoms with van der Waals surface area (Å²) in [7, 11) is 0. The van der Waals surface area contributed by atoms with Crippen molar-refractivity contribution in [2.24, 2.45) is 0 Å². The first kappa shape index (κ1) is 19.8. The fraction of sp³-hybridized carbons (Fsp3) is 0.300. The Kier molecular flexibility index (Phi) is 5.89. The van der Waals surface area contributed by atoms with Crippen LogP contribution in [-0.4, -0.2) is 31.7 Å². The zero-order chi connectivity index (χ0) is 20.3. The smallest absolute Gasteiger partial charge is 0.303 e. The average Bonchev–Trinajstić information content (AvgIpc) is 3.21.